The summed E-state index contributed by atoms with van der Waals surface area (Å²) in [5.74, 6) is 1.24. The highest BCUT2D eigenvalue weighted by molar-refractivity contribution is 6.13. The summed E-state index contributed by atoms with van der Waals surface area (Å²) in [5, 5.41) is 4.09. The summed E-state index contributed by atoms with van der Waals surface area (Å²) in [6, 6.07) is 23.7. The number of pyridine rings is 1. The Morgan fingerprint density at radius 3 is 2.09 bits per heavy atom. The third kappa shape index (κ3) is 4.61. The summed E-state index contributed by atoms with van der Waals surface area (Å²) in [6.45, 7) is 8.61. The van der Waals surface area contributed by atoms with Crippen molar-refractivity contribution in [1.29, 1.82) is 0 Å². The van der Waals surface area contributed by atoms with Crippen molar-refractivity contribution >= 4 is 22.5 Å². The number of carbonyl (C=O) groups is 1. The molecule has 4 aromatic rings. The minimum atomic E-state index is -0.127. The van der Waals surface area contributed by atoms with Gasteiger partial charge in [0.05, 0.1) is 23.9 Å². The van der Waals surface area contributed by atoms with Gasteiger partial charge in [-0.15, -0.1) is 0 Å². The third-order valence-electron chi connectivity index (χ3n) is 5.96. The Balaban J connectivity index is 1.82. The maximum Gasteiger partial charge on any atom is 0.256 e. The monoisotopic (exact) mass is 438 g/mol. The van der Waals surface area contributed by atoms with E-state index in [4.69, 9.17) is 9.72 Å². The largest absolute Gasteiger partial charge is 0.497 e. The van der Waals surface area contributed by atoms with Crippen molar-refractivity contribution in [3.05, 3.63) is 89.5 Å². The Morgan fingerprint density at radius 1 is 0.848 bits per heavy atom. The average Bonchev–Trinajstić information content (AvgIpc) is 2.83. The molecule has 0 fully saturated rings. The van der Waals surface area contributed by atoms with E-state index < -0.39 is 0 Å². The van der Waals surface area contributed by atoms with Crippen LogP contribution in [0.5, 0.6) is 5.75 Å². The summed E-state index contributed by atoms with van der Waals surface area (Å²) in [4.78, 5) is 18.5. The number of fused-ring (bicyclic) bond motifs is 1. The highest BCUT2D eigenvalue weighted by Gasteiger charge is 2.19. The van der Waals surface area contributed by atoms with Crippen LogP contribution in [-0.2, 0) is 0 Å². The number of para-hydroxylation sites is 2. The predicted molar refractivity (Wildman–Crippen MR) is 136 cm³/mol. The molecule has 0 unspecified atom stereocenters. The lowest BCUT2D eigenvalue weighted by atomic mass is 9.92. The fourth-order valence-corrected chi connectivity index (χ4v) is 4.15. The molecule has 0 aliphatic rings. The second kappa shape index (κ2) is 9.45. The van der Waals surface area contributed by atoms with E-state index in [0.29, 0.717) is 17.4 Å². The first-order valence-electron chi connectivity index (χ1n) is 11.4. The lowest BCUT2D eigenvalue weighted by Gasteiger charge is -2.20. The van der Waals surface area contributed by atoms with Crippen molar-refractivity contribution in [3.63, 3.8) is 0 Å². The van der Waals surface area contributed by atoms with Crippen molar-refractivity contribution < 1.29 is 9.53 Å². The minimum absolute atomic E-state index is 0.127. The SMILES string of the molecule is COc1ccc(-c2cc(C(=O)Nc3c(C(C)C)cccc3C(C)C)c3ccccc3n2)cc1. The van der Waals surface area contributed by atoms with Gasteiger partial charge in [0.1, 0.15) is 5.75 Å². The summed E-state index contributed by atoms with van der Waals surface area (Å²) in [6.07, 6.45) is 0. The molecule has 0 saturated carbocycles. The van der Waals surface area contributed by atoms with E-state index in [1.807, 2.05) is 54.6 Å². The molecular formula is C29H30N2O2. The number of anilines is 1. The molecule has 0 bridgehead atoms. The molecule has 0 radical (unpaired) electrons. The molecule has 4 nitrogen and oxygen atoms in total. The Morgan fingerprint density at radius 2 is 1.48 bits per heavy atom. The van der Waals surface area contributed by atoms with Gasteiger partial charge in [0.2, 0.25) is 0 Å². The standard InChI is InChI=1S/C29H30N2O2/c1-18(2)22-10-8-11-23(19(3)4)28(22)31-29(32)25-17-27(20-13-15-21(33-5)16-14-20)30-26-12-7-6-9-24(25)26/h6-19H,1-5H3,(H,31,32). The van der Waals surface area contributed by atoms with Gasteiger partial charge in [-0.25, -0.2) is 4.98 Å². The van der Waals surface area contributed by atoms with Crippen molar-refractivity contribution in [2.75, 3.05) is 12.4 Å². The van der Waals surface area contributed by atoms with Gasteiger partial charge in [0.25, 0.3) is 5.91 Å². The van der Waals surface area contributed by atoms with Crippen LogP contribution in [0.2, 0.25) is 0 Å². The van der Waals surface area contributed by atoms with Crippen molar-refractivity contribution in [1.82, 2.24) is 4.98 Å². The average molecular weight is 439 g/mol. The fourth-order valence-electron chi connectivity index (χ4n) is 4.15. The molecule has 0 spiro atoms. The summed E-state index contributed by atoms with van der Waals surface area (Å²) >= 11 is 0. The zero-order valence-electron chi connectivity index (χ0n) is 19.8. The first-order chi connectivity index (χ1) is 15.9. The molecule has 1 N–H and O–H groups in total. The van der Waals surface area contributed by atoms with Crippen molar-refractivity contribution in [2.45, 2.75) is 39.5 Å². The van der Waals surface area contributed by atoms with E-state index in [1.54, 1.807) is 7.11 Å². The van der Waals surface area contributed by atoms with E-state index in [-0.39, 0.29) is 5.91 Å². The van der Waals surface area contributed by atoms with Crippen LogP contribution in [0.1, 0.15) is 61.0 Å². The second-order valence-electron chi connectivity index (χ2n) is 8.88. The van der Waals surface area contributed by atoms with Crippen LogP contribution >= 0.6 is 0 Å². The maximum absolute atomic E-state index is 13.7. The van der Waals surface area contributed by atoms with Gasteiger partial charge >= 0.3 is 0 Å². The maximum atomic E-state index is 13.7. The molecule has 0 aliphatic heterocycles. The number of hydrogen-bond donors (Lipinski definition) is 1. The smallest absolute Gasteiger partial charge is 0.256 e. The van der Waals surface area contributed by atoms with Crippen LogP contribution in [0.15, 0.2) is 72.8 Å². The van der Waals surface area contributed by atoms with Gasteiger partial charge in [0.15, 0.2) is 0 Å². The van der Waals surface area contributed by atoms with Crippen molar-refractivity contribution in [3.8, 4) is 17.0 Å². The van der Waals surface area contributed by atoms with Crippen molar-refractivity contribution in [2.24, 2.45) is 0 Å². The molecule has 0 saturated heterocycles. The number of nitrogens with zero attached hydrogens (tertiary/aromatic N) is 1. The third-order valence-corrected chi connectivity index (χ3v) is 5.96. The zero-order valence-corrected chi connectivity index (χ0v) is 19.8. The number of methoxy groups -OCH3 is 1. The molecule has 1 heterocycles. The summed E-state index contributed by atoms with van der Waals surface area (Å²) < 4.78 is 5.28. The minimum Gasteiger partial charge on any atom is -0.497 e. The number of aromatic nitrogens is 1. The normalized spacial score (nSPS) is 11.2. The van der Waals surface area contributed by atoms with E-state index in [9.17, 15) is 4.79 Å². The second-order valence-corrected chi connectivity index (χ2v) is 8.88. The summed E-state index contributed by atoms with van der Waals surface area (Å²) in [5.41, 5.74) is 6.28. The van der Waals surface area contributed by atoms with Gasteiger partial charge < -0.3 is 10.1 Å². The van der Waals surface area contributed by atoms with Gasteiger partial charge in [-0.3, -0.25) is 4.79 Å². The fraction of sp³-hybridized carbons (Fsp3) is 0.241. The van der Waals surface area contributed by atoms with Crippen LogP contribution in [0.25, 0.3) is 22.2 Å². The van der Waals surface area contributed by atoms with Gasteiger partial charge in [-0.05, 0) is 59.4 Å². The van der Waals surface area contributed by atoms with E-state index >= 15 is 0 Å². The Hall–Kier alpha value is -3.66. The molecule has 0 aliphatic carbocycles. The quantitative estimate of drug-likeness (QED) is 0.341. The molecule has 33 heavy (non-hydrogen) atoms. The van der Waals surface area contributed by atoms with Crippen LogP contribution in [0.4, 0.5) is 5.69 Å². The number of ether oxygens (including phenoxy) is 1. The molecule has 1 aromatic heterocycles. The lowest BCUT2D eigenvalue weighted by Crippen LogP contribution is -2.16. The van der Waals surface area contributed by atoms with E-state index in [1.165, 1.54) is 0 Å². The van der Waals surface area contributed by atoms with Gasteiger partial charge in [-0.2, -0.15) is 0 Å². The van der Waals surface area contributed by atoms with Crippen LogP contribution < -0.4 is 10.1 Å². The molecule has 0 atom stereocenters. The Labute approximate surface area is 195 Å². The number of hydrogen-bond acceptors (Lipinski definition) is 3. The molecular weight excluding hydrogens is 408 g/mol. The highest BCUT2D eigenvalue weighted by Crippen LogP contribution is 2.34. The van der Waals surface area contributed by atoms with Crippen LogP contribution in [-0.4, -0.2) is 18.0 Å². The number of benzene rings is 3. The number of rotatable bonds is 6. The van der Waals surface area contributed by atoms with Gasteiger partial charge in [0, 0.05) is 16.6 Å². The molecule has 1 amide bonds. The zero-order chi connectivity index (χ0) is 23.5. The molecule has 168 valence electrons. The number of amides is 1. The van der Waals surface area contributed by atoms with Crippen LogP contribution in [0, 0.1) is 0 Å². The molecule has 3 aromatic carbocycles. The van der Waals surface area contributed by atoms with Crippen LogP contribution in [0.3, 0.4) is 0 Å². The summed E-state index contributed by atoms with van der Waals surface area (Å²) in [7, 11) is 1.64. The lowest BCUT2D eigenvalue weighted by molar-refractivity contribution is 0.102. The Kier molecular flexibility index (Phi) is 6.45. The Bertz CT molecular complexity index is 1260. The van der Waals surface area contributed by atoms with Gasteiger partial charge in [-0.1, -0.05) is 64.1 Å². The highest BCUT2D eigenvalue weighted by atomic mass is 16.5. The number of carbonyl (C=O) groups excluding carboxylic acids is 1. The first-order valence-corrected chi connectivity index (χ1v) is 11.4. The predicted octanol–water partition coefficient (Wildman–Crippen LogP) is 7.41. The number of nitrogens with one attached hydrogen (secondary N) is 1. The first kappa shape index (κ1) is 22.5. The molecule has 4 heteroatoms. The van der Waals surface area contributed by atoms with E-state index in [2.05, 4.69) is 51.2 Å². The molecule has 4 rings (SSSR count). The van der Waals surface area contributed by atoms with E-state index in [0.717, 1.165) is 44.7 Å². The topological polar surface area (TPSA) is 51.2 Å².